The van der Waals surface area contributed by atoms with E-state index in [0.717, 1.165) is 16.9 Å². The van der Waals surface area contributed by atoms with Crippen LogP contribution in [0.25, 0.3) is 11.0 Å². The van der Waals surface area contributed by atoms with Crippen molar-refractivity contribution in [3.8, 4) is 0 Å². The molecule has 2 aromatic rings. The maximum absolute atomic E-state index is 13.6. The molecule has 0 atom stereocenters. The highest BCUT2D eigenvalue weighted by Crippen LogP contribution is 2.38. The number of amides is 2. The van der Waals surface area contributed by atoms with E-state index < -0.39 is 12.0 Å². The van der Waals surface area contributed by atoms with Crippen molar-refractivity contribution in [2.45, 2.75) is 64.3 Å². The van der Waals surface area contributed by atoms with Gasteiger partial charge in [0.2, 0.25) is 5.92 Å². The zero-order valence-corrected chi connectivity index (χ0v) is 19.5. The number of aromatic nitrogens is 2. The summed E-state index contributed by atoms with van der Waals surface area (Å²) in [4.78, 5) is 32.0. The Labute approximate surface area is 192 Å². The first-order valence-electron chi connectivity index (χ1n) is 11.6. The lowest BCUT2D eigenvalue weighted by Gasteiger charge is -2.33. The van der Waals surface area contributed by atoms with Gasteiger partial charge in [0.15, 0.2) is 0 Å². The molecule has 1 aromatic heterocycles. The van der Waals surface area contributed by atoms with E-state index in [1.54, 1.807) is 17.0 Å². The predicted molar refractivity (Wildman–Crippen MR) is 121 cm³/mol. The predicted octanol–water partition coefficient (Wildman–Crippen LogP) is 4.60. The van der Waals surface area contributed by atoms with Crippen LogP contribution in [0.2, 0.25) is 0 Å². The van der Waals surface area contributed by atoms with Gasteiger partial charge in [0.05, 0.1) is 11.0 Å². The Morgan fingerprint density at radius 3 is 2.27 bits per heavy atom. The second-order valence-electron chi connectivity index (χ2n) is 10.4. The molecule has 0 unspecified atom stereocenters. The normalized spacial score (nSPS) is 19.8. The van der Waals surface area contributed by atoms with Gasteiger partial charge in [-0.25, -0.2) is 18.6 Å². The van der Waals surface area contributed by atoms with Crippen LogP contribution in [0.15, 0.2) is 18.2 Å². The molecule has 2 heterocycles. The van der Waals surface area contributed by atoms with Gasteiger partial charge in [-0.3, -0.25) is 4.79 Å². The van der Waals surface area contributed by atoms with E-state index in [0.29, 0.717) is 51.1 Å². The fourth-order valence-electron chi connectivity index (χ4n) is 4.84. The Kier molecular flexibility index (Phi) is 6.09. The summed E-state index contributed by atoms with van der Waals surface area (Å²) in [5, 5.41) is 9.11. The van der Waals surface area contributed by atoms with Gasteiger partial charge in [-0.2, -0.15) is 0 Å². The molecule has 33 heavy (non-hydrogen) atoms. The Balaban J connectivity index is 1.58. The van der Waals surface area contributed by atoms with Gasteiger partial charge in [-0.15, -0.1) is 0 Å². The van der Waals surface area contributed by atoms with Crippen LogP contribution < -0.4 is 0 Å². The number of rotatable bonds is 3. The number of carbonyl (C=O) groups excluding carboxylic acids is 1. The number of benzene rings is 1. The number of hydrogen-bond acceptors (Lipinski definition) is 3. The maximum atomic E-state index is 13.6. The minimum absolute atomic E-state index is 0.0665. The van der Waals surface area contributed by atoms with Crippen molar-refractivity contribution < 1.29 is 23.5 Å². The highest BCUT2D eigenvalue weighted by molar-refractivity contribution is 5.97. The third kappa shape index (κ3) is 4.96. The van der Waals surface area contributed by atoms with Crippen molar-refractivity contribution in [1.29, 1.82) is 0 Å². The van der Waals surface area contributed by atoms with Crippen molar-refractivity contribution in [2.24, 2.45) is 5.92 Å². The van der Waals surface area contributed by atoms with Crippen LogP contribution in [-0.2, 0) is 12.0 Å². The molecule has 4 rings (SSSR count). The van der Waals surface area contributed by atoms with Crippen molar-refractivity contribution >= 4 is 23.0 Å². The molecule has 1 aliphatic heterocycles. The average molecular weight is 463 g/mol. The van der Waals surface area contributed by atoms with E-state index >= 15 is 0 Å². The SMILES string of the molecule is CC(C)(C)c1nc2cc(C(=O)N3CCN(C(=O)O)CC3)ccc2n1CC1CCC(F)(F)CC1. The summed E-state index contributed by atoms with van der Waals surface area (Å²) in [6.07, 6.45) is -0.110. The van der Waals surface area contributed by atoms with Crippen molar-refractivity contribution in [1.82, 2.24) is 19.4 Å². The van der Waals surface area contributed by atoms with Gasteiger partial charge in [-0.05, 0) is 37.0 Å². The summed E-state index contributed by atoms with van der Waals surface area (Å²) in [5.74, 6) is -1.63. The molecule has 2 amide bonds. The van der Waals surface area contributed by atoms with E-state index in [1.807, 2.05) is 6.07 Å². The second kappa shape index (κ2) is 8.57. The molecule has 1 saturated heterocycles. The summed E-state index contributed by atoms with van der Waals surface area (Å²) in [6.45, 7) is 8.19. The molecule has 7 nitrogen and oxygen atoms in total. The summed E-state index contributed by atoms with van der Waals surface area (Å²) in [5.41, 5.74) is 1.91. The number of imidazole rings is 1. The van der Waals surface area contributed by atoms with Crippen LogP contribution in [0.1, 0.15) is 62.6 Å². The van der Waals surface area contributed by atoms with Crippen LogP contribution in [0.4, 0.5) is 13.6 Å². The lowest BCUT2D eigenvalue weighted by Crippen LogP contribution is -2.50. The fraction of sp³-hybridized carbons (Fsp3) is 0.625. The first-order chi connectivity index (χ1) is 15.4. The molecule has 1 aromatic carbocycles. The number of nitrogens with zero attached hydrogens (tertiary/aromatic N) is 4. The Hall–Kier alpha value is -2.71. The van der Waals surface area contributed by atoms with Crippen LogP contribution in [0.3, 0.4) is 0 Å². The number of carboxylic acid groups (broad SMARTS) is 1. The Morgan fingerprint density at radius 2 is 1.70 bits per heavy atom. The molecular weight excluding hydrogens is 430 g/mol. The number of piperazine rings is 1. The van der Waals surface area contributed by atoms with Gasteiger partial charge in [-0.1, -0.05) is 20.8 Å². The first-order valence-corrected chi connectivity index (χ1v) is 11.6. The van der Waals surface area contributed by atoms with Crippen molar-refractivity contribution in [3.05, 3.63) is 29.6 Å². The molecular formula is C24H32F2N4O3. The molecule has 9 heteroatoms. The largest absolute Gasteiger partial charge is 0.465 e. The van der Waals surface area contributed by atoms with Crippen LogP contribution >= 0.6 is 0 Å². The molecule has 0 radical (unpaired) electrons. The molecule has 1 saturated carbocycles. The minimum atomic E-state index is -2.55. The number of fused-ring (bicyclic) bond motifs is 1. The minimum Gasteiger partial charge on any atom is -0.465 e. The third-order valence-electron chi connectivity index (χ3n) is 6.78. The highest BCUT2D eigenvalue weighted by atomic mass is 19.3. The number of alkyl halides is 2. The monoisotopic (exact) mass is 462 g/mol. The van der Waals surface area contributed by atoms with Gasteiger partial charge >= 0.3 is 6.09 Å². The molecule has 1 aliphatic carbocycles. The maximum Gasteiger partial charge on any atom is 0.407 e. The Morgan fingerprint density at radius 1 is 1.09 bits per heavy atom. The topological polar surface area (TPSA) is 78.7 Å². The summed E-state index contributed by atoms with van der Waals surface area (Å²) in [6, 6.07) is 5.48. The number of hydrogen-bond donors (Lipinski definition) is 1. The van der Waals surface area contributed by atoms with Gasteiger partial charge in [0, 0.05) is 56.5 Å². The summed E-state index contributed by atoms with van der Waals surface area (Å²) >= 11 is 0. The van der Waals surface area contributed by atoms with E-state index in [4.69, 9.17) is 10.1 Å². The lowest BCUT2D eigenvalue weighted by atomic mass is 9.86. The van der Waals surface area contributed by atoms with E-state index in [1.165, 1.54) is 4.90 Å². The summed E-state index contributed by atoms with van der Waals surface area (Å²) < 4.78 is 29.4. The molecule has 1 N–H and O–H groups in total. The fourth-order valence-corrected chi connectivity index (χ4v) is 4.84. The van der Waals surface area contributed by atoms with Gasteiger partial charge in [0.1, 0.15) is 5.82 Å². The average Bonchev–Trinajstić information content (AvgIpc) is 3.13. The van der Waals surface area contributed by atoms with Gasteiger partial charge in [0.25, 0.3) is 5.91 Å². The molecule has 0 spiro atoms. The van der Waals surface area contributed by atoms with Crippen LogP contribution in [-0.4, -0.2) is 68.6 Å². The quantitative estimate of drug-likeness (QED) is 0.723. The molecule has 0 bridgehead atoms. The lowest BCUT2D eigenvalue weighted by molar-refractivity contribution is -0.0473. The smallest absolute Gasteiger partial charge is 0.407 e. The zero-order chi connectivity index (χ0) is 24.0. The number of carbonyl (C=O) groups is 2. The summed E-state index contributed by atoms with van der Waals surface area (Å²) in [7, 11) is 0. The second-order valence-corrected chi connectivity index (χ2v) is 10.4. The van der Waals surface area contributed by atoms with Gasteiger partial charge < -0.3 is 19.5 Å². The Bertz CT molecular complexity index is 1040. The van der Waals surface area contributed by atoms with Crippen molar-refractivity contribution in [2.75, 3.05) is 26.2 Å². The number of halogens is 2. The van der Waals surface area contributed by atoms with E-state index in [2.05, 4.69) is 25.3 Å². The van der Waals surface area contributed by atoms with E-state index in [9.17, 15) is 18.4 Å². The zero-order valence-electron chi connectivity index (χ0n) is 19.5. The third-order valence-corrected chi connectivity index (χ3v) is 6.78. The van der Waals surface area contributed by atoms with Crippen molar-refractivity contribution in [3.63, 3.8) is 0 Å². The van der Waals surface area contributed by atoms with Crippen LogP contribution in [0, 0.1) is 5.92 Å². The molecule has 180 valence electrons. The van der Waals surface area contributed by atoms with Crippen LogP contribution in [0.5, 0.6) is 0 Å². The molecule has 2 aliphatic rings. The standard InChI is InChI=1S/C24H32F2N4O3/c1-23(2,3)21-27-18-14-17(20(31)28-10-12-29(13-11-28)22(32)33)4-5-19(18)30(21)15-16-6-8-24(25,26)9-7-16/h4-5,14,16H,6-13,15H2,1-3H3,(H,32,33). The van der Waals surface area contributed by atoms with E-state index in [-0.39, 0.29) is 30.1 Å². The molecule has 2 fully saturated rings. The highest BCUT2D eigenvalue weighted by Gasteiger charge is 2.36. The first kappa shape index (κ1) is 23.4.